The minimum absolute atomic E-state index is 0.0858. The fourth-order valence-electron chi connectivity index (χ4n) is 2.22. The Morgan fingerprint density at radius 2 is 1.96 bits per heavy atom. The first-order valence-electron chi connectivity index (χ1n) is 7.47. The Hall–Kier alpha value is -1.66. The molecule has 0 spiro atoms. The lowest BCUT2D eigenvalue weighted by atomic mass is 10.1. The number of thiophene rings is 1. The Kier molecular flexibility index (Phi) is 5.59. The summed E-state index contributed by atoms with van der Waals surface area (Å²) in [4.78, 5) is 12.6. The lowest BCUT2D eigenvalue weighted by Crippen LogP contribution is -2.31. The van der Waals surface area contributed by atoms with E-state index in [9.17, 15) is 13.2 Å². The average molecular weight is 351 g/mol. The van der Waals surface area contributed by atoms with Crippen LogP contribution in [0, 0.1) is 13.8 Å². The molecule has 1 heterocycles. The molecular weight excluding hydrogens is 330 g/mol. The predicted molar refractivity (Wildman–Crippen MR) is 93.5 cm³/mol. The van der Waals surface area contributed by atoms with E-state index in [0.717, 1.165) is 16.0 Å². The molecule has 0 saturated heterocycles. The highest BCUT2D eigenvalue weighted by Gasteiger charge is 2.30. The van der Waals surface area contributed by atoms with Crippen molar-refractivity contribution in [3.63, 3.8) is 0 Å². The molecule has 0 aliphatic carbocycles. The lowest BCUT2D eigenvalue weighted by molar-refractivity contribution is -0.120. The third-order valence-corrected chi connectivity index (χ3v) is 7.06. The minimum Gasteiger partial charge on any atom is -0.354 e. The molecule has 124 valence electrons. The number of nitrogens with one attached hydrogen (secondary N) is 1. The van der Waals surface area contributed by atoms with Crippen LogP contribution < -0.4 is 5.32 Å². The summed E-state index contributed by atoms with van der Waals surface area (Å²) in [5, 5.41) is 3.79. The summed E-state index contributed by atoms with van der Waals surface area (Å²) in [5.41, 5.74) is 1.99. The number of hydrogen-bond acceptors (Lipinski definition) is 4. The Morgan fingerprint density at radius 3 is 2.52 bits per heavy atom. The molecule has 1 N–H and O–H groups in total. The minimum atomic E-state index is -3.57. The molecule has 1 aromatic carbocycles. The normalized spacial score (nSPS) is 12.8. The first-order chi connectivity index (χ1) is 10.9. The maximum absolute atomic E-state index is 13.1. The Morgan fingerprint density at radius 1 is 1.22 bits per heavy atom. The van der Waals surface area contributed by atoms with Gasteiger partial charge in [-0.3, -0.25) is 4.79 Å². The number of benzene rings is 1. The van der Waals surface area contributed by atoms with Gasteiger partial charge in [0.05, 0.1) is 4.90 Å². The second-order valence-electron chi connectivity index (χ2n) is 5.45. The fourth-order valence-corrected chi connectivity index (χ4v) is 5.09. The molecular formula is C17H21NO3S2. The summed E-state index contributed by atoms with van der Waals surface area (Å²) in [6.45, 7) is 5.67. The van der Waals surface area contributed by atoms with Crippen LogP contribution in [0.15, 0.2) is 40.6 Å². The van der Waals surface area contributed by atoms with Crippen molar-refractivity contribution in [3.05, 3.63) is 51.7 Å². The first-order valence-corrected chi connectivity index (χ1v) is 9.90. The van der Waals surface area contributed by atoms with Crippen LogP contribution in [0.3, 0.4) is 0 Å². The van der Waals surface area contributed by atoms with Gasteiger partial charge in [0, 0.05) is 17.8 Å². The average Bonchev–Trinajstić information content (AvgIpc) is 3.03. The second-order valence-corrected chi connectivity index (χ2v) is 8.56. The number of amides is 1. The van der Waals surface area contributed by atoms with E-state index >= 15 is 0 Å². The van der Waals surface area contributed by atoms with Crippen LogP contribution in [0.4, 0.5) is 0 Å². The van der Waals surface area contributed by atoms with Crippen LogP contribution in [-0.2, 0) is 14.6 Å². The molecule has 2 aromatic rings. The van der Waals surface area contributed by atoms with E-state index in [4.69, 9.17) is 0 Å². The fraction of sp³-hybridized carbons (Fsp3) is 0.353. The van der Waals surface area contributed by atoms with Crippen molar-refractivity contribution in [2.24, 2.45) is 0 Å². The van der Waals surface area contributed by atoms with Crippen molar-refractivity contribution in [2.75, 3.05) is 6.54 Å². The van der Waals surface area contributed by atoms with E-state index in [0.29, 0.717) is 11.3 Å². The molecule has 0 bridgehead atoms. The van der Waals surface area contributed by atoms with E-state index in [2.05, 4.69) is 5.32 Å². The lowest BCUT2D eigenvalue weighted by Gasteiger charge is -2.18. The Balaban J connectivity index is 2.40. The van der Waals surface area contributed by atoms with E-state index in [1.165, 1.54) is 11.3 Å². The number of rotatable bonds is 6. The van der Waals surface area contributed by atoms with Crippen molar-refractivity contribution in [2.45, 2.75) is 37.3 Å². The molecule has 0 aliphatic heterocycles. The zero-order valence-corrected chi connectivity index (χ0v) is 15.1. The van der Waals surface area contributed by atoms with Gasteiger partial charge in [-0.25, -0.2) is 8.42 Å². The van der Waals surface area contributed by atoms with Gasteiger partial charge in [0.2, 0.25) is 5.91 Å². The molecule has 0 fully saturated rings. The number of sulfone groups is 1. The van der Waals surface area contributed by atoms with E-state index in [1.54, 1.807) is 25.1 Å². The van der Waals surface area contributed by atoms with Crippen LogP contribution in [0.25, 0.3) is 0 Å². The van der Waals surface area contributed by atoms with Crippen molar-refractivity contribution in [1.82, 2.24) is 5.32 Å². The van der Waals surface area contributed by atoms with Gasteiger partial charge in [-0.05, 0) is 48.6 Å². The van der Waals surface area contributed by atoms with Gasteiger partial charge >= 0.3 is 0 Å². The second kappa shape index (κ2) is 7.27. The van der Waals surface area contributed by atoms with Gasteiger partial charge in [0.15, 0.2) is 9.84 Å². The van der Waals surface area contributed by atoms with Crippen LogP contribution >= 0.6 is 11.3 Å². The summed E-state index contributed by atoms with van der Waals surface area (Å²) >= 11 is 1.39. The zero-order chi connectivity index (χ0) is 17.0. The van der Waals surface area contributed by atoms with Gasteiger partial charge in [0.1, 0.15) is 5.25 Å². The molecule has 0 aliphatic rings. The van der Waals surface area contributed by atoms with Crippen molar-refractivity contribution in [3.8, 4) is 0 Å². The predicted octanol–water partition coefficient (Wildman–Crippen LogP) is 3.41. The van der Waals surface area contributed by atoms with Gasteiger partial charge in [-0.1, -0.05) is 19.1 Å². The quantitative estimate of drug-likeness (QED) is 0.867. The van der Waals surface area contributed by atoms with Crippen LogP contribution in [0.2, 0.25) is 0 Å². The number of carbonyl (C=O) groups excluding carboxylic acids is 1. The van der Waals surface area contributed by atoms with Gasteiger partial charge < -0.3 is 5.32 Å². The molecule has 0 radical (unpaired) electrons. The molecule has 1 amide bonds. The third-order valence-electron chi connectivity index (χ3n) is 3.85. The van der Waals surface area contributed by atoms with E-state index < -0.39 is 15.1 Å². The van der Waals surface area contributed by atoms with Gasteiger partial charge in [-0.15, -0.1) is 11.3 Å². The Labute approximate surface area is 141 Å². The highest BCUT2D eigenvalue weighted by atomic mass is 32.2. The van der Waals surface area contributed by atoms with Crippen molar-refractivity contribution < 1.29 is 13.2 Å². The van der Waals surface area contributed by atoms with Crippen LogP contribution in [0.1, 0.15) is 34.6 Å². The van der Waals surface area contributed by atoms with Crippen molar-refractivity contribution >= 4 is 27.1 Å². The maximum Gasteiger partial charge on any atom is 0.219 e. The molecule has 23 heavy (non-hydrogen) atoms. The summed E-state index contributed by atoms with van der Waals surface area (Å²) in [7, 11) is -3.57. The van der Waals surface area contributed by atoms with Gasteiger partial charge in [0.25, 0.3) is 0 Å². The molecule has 0 saturated carbocycles. The summed E-state index contributed by atoms with van der Waals surface area (Å²) in [5.74, 6) is -0.151. The molecule has 4 nitrogen and oxygen atoms in total. The number of aryl methyl sites for hydroxylation is 2. The highest BCUT2D eigenvalue weighted by molar-refractivity contribution is 7.91. The van der Waals surface area contributed by atoms with Crippen LogP contribution in [0.5, 0.6) is 0 Å². The number of hydrogen-bond donors (Lipinski definition) is 1. The molecule has 2 rings (SSSR count). The van der Waals surface area contributed by atoms with Gasteiger partial charge in [-0.2, -0.15) is 0 Å². The van der Waals surface area contributed by atoms with E-state index in [-0.39, 0.29) is 12.5 Å². The molecule has 1 atom stereocenters. The monoisotopic (exact) mass is 351 g/mol. The molecule has 1 aromatic heterocycles. The van der Waals surface area contributed by atoms with Crippen molar-refractivity contribution in [1.29, 1.82) is 0 Å². The third kappa shape index (κ3) is 4.00. The largest absolute Gasteiger partial charge is 0.354 e. The molecule has 6 heteroatoms. The SMILES string of the molecule is CCC(=O)NC[C@H](c1cccs1)S(=O)(=O)c1ccc(C)c(C)c1. The summed E-state index contributed by atoms with van der Waals surface area (Å²) in [6, 6.07) is 8.78. The maximum atomic E-state index is 13.1. The van der Waals surface area contributed by atoms with E-state index in [1.807, 2.05) is 31.4 Å². The first kappa shape index (κ1) is 17.7. The smallest absolute Gasteiger partial charge is 0.219 e. The highest BCUT2D eigenvalue weighted by Crippen LogP contribution is 2.32. The van der Waals surface area contributed by atoms with Crippen LogP contribution in [-0.4, -0.2) is 20.9 Å². The standard InChI is InChI=1S/C17H21NO3S2/c1-4-17(19)18-11-16(15-6-5-9-22-15)23(20,21)14-8-7-12(2)13(3)10-14/h5-10,16H,4,11H2,1-3H3,(H,18,19)/t16-/m1/s1. The number of carbonyl (C=O) groups is 1. The topological polar surface area (TPSA) is 63.2 Å². The summed E-state index contributed by atoms with van der Waals surface area (Å²) < 4.78 is 26.1. The zero-order valence-electron chi connectivity index (χ0n) is 13.5. The molecule has 0 unspecified atom stereocenters. The summed E-state index contributed by atoms with van der Waals surface area (Å²) in [6.07, 6.45) is 0.334. The Bertz CT molecular complexity index is 780.